The number of thiazole rings is 1. The van der Waals surface area contributed by atoms with E-state index < -0.39 is 0 Å². The molecule has 0 N–H and O–H groups in total. The molecule has 0 amide bonds. The van der Waals surface area contributed by atoms with Gasteiger partial charge < -0.3 is 9.30 Å². The predicted octanol–water partition coefficient (Wildman–Crippen LogP) is 4.47. The summed E-state index contributed by atoms with van der Waals surface area (Å²) in [6.45, 7) is 4.66. The average Bonchev–Trinajstić information content (AvgIpc) is 2.69. The molecule has 1 aromatic carbocycles. The fourth-order valence-electron chi connectivity index (χ4n) is 1.82. The van der Waals surface area contributed by atoms with Crippen molar-refractivity contribution in [1.29, 1.82) is 0 Å². The topological polar surface area (TPSA) is 31.2 Å². The smallest absolute Gasteiger partial charge is 0.350 e. The van der Waals surface area contributed by atoms with Gasteiger partial charge in [-0.15, -0.1) is 0 Å². The molecule has 1 aromatic heterocycles. The molecule has 0 radical (unpaired) electrons. The van der Waals surface area contributed by atoms with Gasteiger partial charge in [0.15, 0.2) is 3.95 Å². The Morgan fingerprint density at radius 3 is 2.65 bits per heavy atom. The molecule has 0 aliphatic carbocycles. The summed E-state index contributed by atoms with van der Waals surface area (Å²) >= 11 is 12.5. The number of rotatable bonds is 4. The Kier molecular flexibility index (Phi) is 4.96. The molecule has 0 atom stereocenters. The number of carbonyl (C=O) groups is 1. The number of benzene rings is 1. The number of hydrogen-bond donors (Lipinski definition) is 0. The van der Waals surface area contributed by atoms with Gasteiger partial charge >= 0.3 is 5.97 Å². The number of ether oxygens (including phenoxy) is 1. The Labute approximate surface area is 131 Å². The lowest BCUT2D eigenvalue weighted by Gasteiger charge is -2.07. The number of hydrogen-bond acceptors (Lipinski definition) is 4. The van der Waals surface area contributed by atoms with Crippen LogP contribution in [0.15, 0.2) is 24.3 Å². The molecule has 106 valence electrons. The van der Waals surface area contributed by atoms with Gasteiger partial charge in [-0.1, -0.05) is 35.1 Å². The number of nitrogens with zero attached hydrogens (tertiary/aromatic N) is 1. The van der Waals surface area contributed by atoms with Crippen LogP contribution in [0.3, 0.4) is 0 Å². The van der Waals surface area contributed by atoms with Crippen molar-refractivity contribution >= 4 is 41.1 Å². The third kappa shape index (κ3) is 3.29. The van der Waals surface area contributed by atoms with Crippen molar-refractivity contribution in [3.8, 4) is 0 Å². The first kappa shape index (κ1) is 15.2. The Bertz CT molecular complexity index is 673. The molecule has 0 saturated carbocycles. The minimum absolute atomic E-state index is 0.309. The van der Waals surface area contributed by atoms with E-state index in [2.05, 4.69) is 0 Å². The number of carbonyl (C=O) groups excluding carboxylic acids is 1. The van der Waals surface area contributed by atoms with Crippen LogP contribution in [-0.2, 0) is 11.3 Å². The van der Waals surface area contributed by atoms with Crippen molar-refractivity contribution in [2.24, 2.45) is 0 Å². The number of esters is 1. The lowest BCUT2D eigenvalue weighted by atomic mass is 10.2. The molecule has 0 unspecified atom stereocenters. The number of halogens is 1. The van der Waals surface area contributed by atoms with Gasteiger partial charge in [0.1, 0.15) is 4.88 Å². The Balaban J connectivity index is 2.31. The van der Waals surface area contributed by atoms with Gasteiger partial charge in [0.05, 0.1) is 6.61 Å². The molecule has 0 aliphatic heterocycles. The summed E-state index contributed by atoms with van der Waals surface area (Å²) in [6, 6.07) is 7.58. The van der Waals surface area contributed by atoms with Crippen LogP contribution in [-0.4, -0.2) is 17.1 Å². The second kappa shape index (κ2) is 6.52. The Morgan fingerprint density at radius 2 is 2.05 bits per heavy atom. The molecular weight excluding hydrogens is 314 g/mol. The SMILES string of the molecule is CCOC(=O)c1sc(=S)n(Cc2ccc(Cl)cc2)c1C. The maximum atomic E-state index is 11.8. The zero-order valence-electron chi connectivity index (χ0n) is 11.2. The summed E-state index contributed by atoms with van der Waals surface area (Å²) in [5, 5.41) is 0.701. The van der Waals surface area contributed by atoms with Gasteiger partial charge in [-0.3, -0.25) is 0 Å². The highest BCUT2D eigenvalue weighted by molar-refractivity contribution is 7.73. The number of aromatic nitrogens is 1. The fourth-order valence-corrected chi connectivity index (χ4v) is 3.28. The molecule has 0 saturated heterocycles. The van der Waals surface area contributed by atoms with Gasteiger partial charge in [-0.25, -0.2) is 4.79 Å². The highest BCUT2D eigenvalue weighted by atomic mass is 35.5. The molecule has 2 rings (SSSR count). The first-order valence-electron chi connectivity index (χ1n) is 6.14. The van der Waals surface area contributed by atoms with Gasteiger partial charge in [-0.05, 0) is 43.8 Å². The third-order valence-electron chi connectivity index (χ3n) is 2.86. The highest BCUT2D eigenvalue weighted by Gasteiger charge is 2.17. The van der Waals surface area contributed by atoms with Crippen molar-refractivity contribution in [2.45, 2.75) is 20.4 Å². The van der Waals surface area contributed by atoms with Crippen molar-refractivity contribution in [2.75, 3.05) is 6.61 Å². The lowest BCUT2D eigenvalue weighted by molar-refractivity contribution is 0.0530. The summed E-state index contributed by atoms with van der Waals surface area (Å²) in [6.07, 6.45) is 0. The summed E-state index contributed by atoms with van der Waals surface area (Å²) in [5.41, 5.74) is 1.93. The Morgan fingerprint density at radius 1 is 1.40 bits per heavy atom. The zero-order valence-corrected chi connectivity index (χ0v) is 13.6. The first-order valence-corrected chi connectivity index (χ1v) is 7.75. The third-order valence-corrected chi connectivity index (χ3v) is 4.64. The standard InChI is InChI=1S/C14H14ClNO2S2/c1-3-18-13(17)12-9(2)16(14(19)20-12)8-10-4-6-11(15)7-5-10/h4-7H,3,8H2,1-2H3. The molecule has 0 fully saturated rings. The van der Waals surface area contributed by atoms with E-state index in [-0.39, 0.29) is 5.97 Å². The minimum atomic E-state index is -0.309. The van der Waals surface area contributed by atoms with Crippen LogP contribution in [0.1, 0.15) is 27.9 Å². The van der Waals surface area contributed by atoms with E-state index in [1.54, 1.807) is 6.92 Å². The molecular formula is C14H14ClNO2S2. The molecule has 0 spiro atoms. The maximum absolute atomic E-state index is 11.8. The van der Waals surface area contributed by atoms with Gasteiger partial charge in [0.2, 0.25) is 0 Å². The molecule has 3 nitrogen and oxygen atoms in total. The molecule has 2 aromatic rings. The largest absolute Gasteiger partial charge is 0.462 e. The van der Waals surface area contributed by atoms with E-state index >= 15 is 0 Å². The lowest BCUT2D eigenvalue weighted by Crippen LogP contribution is -2.07. The molecule has 1 heterocycles. The first-order chi connectivity index (χ1) is 9.52. The van der Waals surface area contributed by atoms with Crippen LogP contribution >= 0.6 is 35.2 Å². The quantitative estimate of drug-likeness (QED) is 0.613. The van der Waals surface area contributed by atoms with E-state index in [0.29, 0.717) is 27.0 Å². The minimum Gasteiger partial charge on any atom is -0.462 e. The van der Waals surface area contributed by atoms with E-state index in [1.807, 2.05) is 35.8 Å². The maximum Gasteiger partial charge on any atom is 0.350 e. The molecule has 0 aliphatic rings. The van der Waals surface area contributed by atoms with Crippen LogP contribution in [0.4, 0.5) is 0 Å². The van der Waals surface area contributed by atoms with Crippen LogP contribution < -0.4 is 0 Å². The van der Waals surface area contributed by atoms with Crippen molar-refractivity contribution in [3.05, 3.63) is 49.4 Å². The molecule has 20 heavy (non-hydrogen) atoms. The van der Waals surface area contributed by atoms with Crippen LogP contribution in [0.5, 0.6) is 0 Å². The van der Waals surface area contributed by atoms with Crippen LogP contribution in [0.25, 0.3) is 0 Å². The van der Waals surface area contributed by atoms with E-state index in [1.165, 1.54) is 11.3 Å². The van der Waals surface area contributed by atoms with Crippen LogP contribution in [0.2, 0.25) is 5.02 Å². The molecule has 6 heteroatoms. The summed E-state index contributed by atoms with van der Waals surface area (Å²) in [5.74, 6) is -0.309. The predicted molar refractivity (Wildman–Crippen MR) is 84.4 cm³/mol. The second-order valence-corrected chi connectivity index (χ2v) is 6.30. The fraction of sp³-hybridized carbons (Fsp3) is 0.286. The monoisotopic (exact) mass is 327 g/mol. The summed E-state index contributed by atoms with van der Waals surface area (Å²) in [7, 11) is 0. The van der Waals surface area contributed by atoms with E-state index in [9.17, 15) is 4.79 Å². The van der Waals surface area contributed by atoms with E-state index in [0.717, 1.165) is 11.3 Å². The van der Waals surface area contributed by atoms with E-state index in [4.69, 9.17) is 28.6 Å². The van der Waals surface area contributed by atoms with Gasteiger partial charge in [0, 0.05) is 17.3 Å². The summed E-state index contributed by atoms with van der Waals surface area (Å²) in [4.78, 5) is 12.4. The summed E-state index contributed by atoms with van der Waals surface area (Å²) < 4.78 is 7.64. The zero-order chi connectivity index (χ0) is 14.7. The van der Waals surface area contributed by atoms with Crippen molar-refractivity contribution in [3.63, 3.8) is 0 Å². The van der Waals surface area contributed by atoms with Crippen molar-refractivity contribution < 1.29 is 9.53 Å². The van der Waals surface area contributed by atoms with Crippen molar-refractivity contribution in [1.82, 2.24) is 4.57 Å². The van der Waals surface area contributed by atoms with Crippen LogP contribution in [0, 0.1) is 10.9 Å². The second-order valence-electron chi connectivity index (χ2n) is 4.22. The highest BCUT2D eigenvalue weighted by Crippen LogP contribution is 2.22. The molecule has 0 bridgehead atoms. The Hall–Kier alpha value is -1.17. The normalized spacial score (nSPS) is 10.6. The van der Waals surface area contributed by atoms with Gasteiger partial charge in [-0.2, -0.15) is 0 Å². The average molecular weight is 328 g/mol. The van der Waals surface area contributed by atoms with Gasteiger partial charge in [0.25, 0.3) is 0 Å².